The summed E-state index contributed by atoms with van der Waals surface area (Å²) in [7, 11) is 0. The van der Waals surface area contributed by atoms with Crippen molar-refractivity contribution in [1.29, 1.82) is 0 Å². The Bertz CT molecular complexity index is 413. The van der Waals surface area contributed by atoms with Crippen LogP contribution in [-0.4, -0.2) is 29.7 Å². The van der Waals surface area contributed by atoms with Crippen molar-refractivity contribution in [2.45, 2.75) is 18.6 Å². The molecule has 2 unspecified atom stereocenters. The molecule has 0 aliphatic carbocycles. The molecule has 17 heavy (non-hydrogen) atoms. The topological polar surface area (TPSA) is 84.9 Å². The SMILES string of the molecule is NCCC(O)C(O)c1cc2c(cc1Cl)OCO2. The summed E-state index contributed by atoms with van der Waals surface area (Å²) in [6.07, 6.45) is -1.73. The molecule has 0 fully saturated rings. The molecule has 0 spiro atoms. The van der Waals surface area contributed by atoms with Crippen molar-refractivity contribution in [2.75, 3.05) is 13.3 Å². The minimum atomic E-state index is -1.08. The average Bonchev–Trinajstić information content (AvgIpc) is 2.74. The zero-order chi connectivity index (χ0) is 12.4. The quantitative estimate of drug-likeness (QED) is 0.745. The molecule has 6 heteroatoms. The summed E-state index contributed by atoms with van der Waals surface area (Å²) >= 11 is 6.01. The molecule has 1 aliphatic heterocycles. The summed E-state index contributed by atoms with van der Waals surface area (Å²) < 4.78 is 10.3. The van der Waals surface area contributed by atoms with Gasteiger partial charge in [0.25, 0.3) is 0 Å². The van der Waals surface area contributed by atoms with Crippen LogP contribution in [0.4, 0.5) is 0 Å². The van der Waals surface area contributed by atoms with Gasteiger partial charge in [-0.1, -0.05) is 11.6 Å². The minimum Gasteiger partial charge on any atom is -0.454 e. The third kappa shape index (κ3) is 2.47. The van der Waals surface area contributed by atoms with Gasteiger partial charge < -0.3 is 25.4 Å². The third-order valence-electron chi connectivity index (χ3n) is 2.64. The van der Waals surface area contributed by atoms with Crippen LogP contribution in [0.1, 0.15) is 18.1 Å². The van der Waals surface area contributed by atoms with Crippen LogP contribution in [-0.2, 0) is 0 Å². The Morgan fingerprint density at radius 3 is 2.59 bits per heavy atom. The molecule has 1 aliphatic rings. The van der Waals surface area contributed by atoms with Gasteiger partial charge in [-0.2, -0.15) is 0 Å². The highest BCUT2D eigenvalue weighted by atomic mass is 35.5. The molecule has 1 aromatic rings. The number of ether oxygens (including phenoxy) is 2. The molecule has 0 amide bonds. The van der Waals surface area contributed by atoms with E-state index in [-0.39, 0.29) is 6.79 Å². The van der Waals surface area contributed by atoms with Crippen LogP contribution in [0.5, 0.6) is 11.5 Å². The second kappa shape index (κ2) is 5.10. The van der Waals surface area contributed by atoms with Gasteiger partial charge in [-0.3, -0.25) is 0 Å². The lowest BCUT2D eigenvalue weighted by molar-refractivity contribution is 0.0150. The van der Waals surface area contributed by atoms with Crippen LogP contribution in [0.2, 0.25) is 5.02 Å². The lowest BCUT2D eigenvalue weighted by atomic mass is 10.0. The van der Waals surface area contributed by atoms with E-state index in [4.69, 9.17) is 26.8 Å². The van der Waals surface area contributed by atoms with E-state index in [0.29, 0.717) is 35.1 Å². The Balaban J connectivity index is 2.26. The molecular formula is C11H14ClNO4. The van der Waals surface area contributed by atoms with E-state index in [2.05, 4.69) is 0 Å². The first-order chi connectivity index (χ1) is 8.13. The lowest BCUT2D eigenvalue weighted by Crippen LogP contribution is -2.22. The summed E-state index contributed by atoms with van der Waals surface area (Å²) in [4.78, 5) is 0. The summed E-state index contributed by atoms with van der Waals surface area (Å²) in [5.74, 6) is 1.06. The molecule has 0 radical (unpaired) electrons. The van der Waals surface area contributed by atoms with Crippen LogP contribution >= 0.6 is 11.6 Å². The standard InChI is InChI=1S/C11H14ClNO4/c12-7-4-10-9(16-5-17-10)3-6(7)11(15)8(14)1-2-13/h3-4,8,11,14-15H,1-2,5,13H2. The fourth-order valence-electron chi connectivity index (χ4n) is 1.70. The molecule has 5 nitrogen and oxygen atoms in total. The molecule has 94 valence electrons. The van der Waals surface area contributed by atoms with Crippen molar-refractivity contribution in [3.8, 4) is 11.5 Å². The van der Waals surface area contributed by atoms with Gasteiger partial charge in [0.1, 0.15) is 6.10 Å². The number of aliphatic hydroxyl groups is 2. The second-order valence-electron chi connectivity index (χ2n) is 3.82. The van der Waals surface area contributed by atoms with Crippen LogP contribution in [0.25, 0.3) is 0 Å². The molecule has 0 saturated heterocycles. The molecule has 2 rings (SSSR count). The molecule has 0 aromatic heterocycles. The highest BCUT2D eigenvalue weighted by Gasteiger charge is 2.24. The van der Waals surface area contributed by atoms with Crippen molar-refractivity contribution < 1.29 is 19.7 Å². The van der Waals surface area contributed by atoms with Gasteiger partial charge in [-0.25, -0.2) is 0 Å². The Morgan fingerprint density at radius 2 is 1.94 bits per heavy atom. The largest absolute Gasteiger partial charge is 0.454 e. The monoisotopic (exact) mass is 259 g/mol. The van der Waals surface area contributed by atoms with Gasteiger partial charge in [0.2, 0.25) is 6.79 Å². The van der Waals surface area contributed by atoms with E-state index >= 15 is 0 Å². The van der Waals surface area contributed by atoms with Crippen LogP contribution in [0.3, 0.4) is 0 Å². The maximum Gasteiger partial charge on any atom is 0.231 e. The van der Waals surface area contributed by atoms with Crippen molar-refractivity contribution >= 4 is 11.6 Å². The first kappa shape index (κ1) is 12.4. The molecular weight excluding hydrogens is 246 g/mol. The van der Waals surface area contributed by atoms with E-state index in [1.165, 1.54) is 0 Å². The maximum atomic E-state index is 9.95. The summed E-state index contributed by atoms with van der Waals surface area (Å²) in [5.41, 5.74) is 5.74. The van der Waals surface area contributed by atoms with Gasteiger partial charge in [0, 0.05) is 11.6 Å². The predicted octanol–water partition coefficient (Wildman–Crippen LogP) is 0.812. The van der Waals surface area contributed by atoms with Crippen molar-refractivity contribution in [1.82, 2.24) is 0 Å². The third-order valence-corrected chi connectivity index (χ3v) is 2.96. The maximum absolute atomic E-state index is 9.95. The van der Waals surface area contributed by atoms with Gasteiger partial charge in [-0.15, -0.1) is 0 Å². The Morgan fingerprint density at radius 1 is 1.29 bits per heavy atom. The van der Waals surface area contributed by atoms with E-state index in [1.807, 2.05) is 0 Å². The first-order valence-corrected chi connectivity index (χ1v) is 5.66. The lowest BCUT2D eigenvalue weighted by Gasteiger charge is -2.18. The van der Waals surface area contributed by atoms with E-state index in [1.54, 1.807) is 12.1 Å². The minimum absolute atomic E-state index is 0.135. The number of aliphatic hydroxyl groups excluding tert-OH is 2. The van der Waals surface area contributed by atoms with E-state index in [9.17, 15) is 10.2 Å². The highest BCUT2D eigenvalue weighted by molar-refractivity contribution is 6.31. The Hall–Kier alpha value is -1.01. The number of rotatable bonds is 4. The van der Waals surface area contributed by atoms with Crippen molar-refractivity contribution in [3.63, 3.8) is 0 Å². The van der Waals surface area contributed by atoms with Crippen LogP contribution in [0.15, 0.2) is 12.1 Å². The normalized spacial score (nSPS) is 16.9. The molecule has 0 saturated carbocycles. The average molecular weight is 260 g/mol. The Kier molecular flexibility index (Phi) is 3.73. The summed E-state index contributed by atoms with van der Waals surface area (Å²) in [5, 5.41) is 20.0. The number of benzene rings is 1. The summed E-state index contributed by atoms with van der Waals surface area (Å²) in [6.45, 7) is 0.428. The smallest absolute Gasteiger partial charge is 0.231 e. The number of hydrogen-bond donors (Lipinski definition) is 3. The number of hydrogen-bond acceptors (Lipinski definition) is 5. The zero-order valence-corrected chi connectivity index (χ0v) is 9.85. The number of halogens is 1. The van der Waals surface area contributed by atoms with E-state index in [0.717, 1.165) is 0 Å². The molecule has 1 aromatic carbocycles. The van der Waals surface area contributed by atoms with Crippen molar-refractivity contribution in [2.24, 2.45) is 5.73 Å². The zero-order valence-electron chi connectivity index (χ0n) is 9.10. The predicted molar refractivity (Wildman–Crippen MR) is 62.2 cm³/mol. The summed E-state index contributed by atoms with van der Waals surface area (Å²) in [6, 6.07) is 3.15. The van der Waals surface area contributed by atoms with E-state index < -0.39 is 12.2 Å². The van der Waals surface area contributed by atoms with Gasteiger partial charge in [-0.05, 0) is 19.0 Å². The molecule has 1 heterocycles. The molecule has 4 N–H and O–H groups in total. The highest BCUT2D eigenvalue weighted by Crippen LogP contribution is 2.39. The van der Waals surface area contributed by atoms with Crippen LogP contribution in [0, 0.1) is 0 Å². The molecule has 0 bridgehead atoms. The fraction of sp³-hybridized carbons (Fsp3) is 0.455. The molecule has 2 atom stereocenters. The number of fused-ring (bicyclic) bond motifs is 1. The second-order valence-corrected chi connectivity index (χ2v) is 4.22. The van der Waals surface area contributed by atoms with Crippen LogP contribution < -0.4 is 15.2 Å². The Labute approximate surface area is 104 Å². The van der Waals surface area contributed by atoms with Gasteiger partial charge in [0.15, 0.2) is 11.5 Å². The fourth-order valence-corrected chi connectivity index (χ4v) is 1.96. The van der Waals surface area contributed by atoms with Gasteiger partial charge in [0.05, 0.1) is 11.1 Å². The van der Waals surface area contributed by atoms with Crippen molar-refractivity contribution in [3.05, 3.63) is 22.7 Å². The number of nitrogens with two attached hydrogens (primary N) is 1. The van der Waals surface area contributed by atoms with Gasteiger partial charge >= 0.3 is 0 Å². The first-order valence-electron chi connectivity index (χ1n) is 5.28.